The van der Waals surface area contributed by atoms with Crippen molar-refractivity contribution in [2.75, 3.05) is 5.73 Å². The number of hydrogen-bond acceptors (Lipinski definition) is 2. The average Bonchev–Trinajstić information content (AvgIpc) is 2.20. The fraction of sp³-hybridized carbons (Fsp3) is 0.143. The molecule has 0 spiro atoms. The molecule has 2 aromatic rings. The van der Waals surface area contributed by atoms with E-state index in [1.54, 1.807) is 12.1 Å². The van der Waals surface area contributed by atoms with E-state index in [0.717, 1.165) is 22.3 Å². The molecule has 0 aliphatic carbocycles. The lowest BCUT2D eigenvalue weighted by Crippen LogP contribution is -1.90. The topological polar surface area (TPSA) is 46.2 Å². The predicted octanol–water partition coefficient (Wildman–Crippen LogP) is 3.26. The van der Waals surface area contributed by atoms with Crippen molar-refractivity contribution in [3.8, 4) is 16.9 Å². The van der Waals surface area contributed by atoms with Crippen LogP contribution in [0.25, 0.3) is 11.1 Å². The van der Waals surface area contributed by atoms with Gasteiger partial charge in [0.25, 0.3) is 0 Å². The molecule has 0 bridgehead atoms. The molecule has 0 unspecified atom stereocenters. The van der Waals surface area contributed by atoms with Crippen molar-refractivity contribution in [2.24, 2.45) is 0 Å². The molecule has 0 radical (unpaired) electrons. The lowest BCUT2D eigenvalue weighted by Gasteiger charge is -2.11. The van der Waals surface area contributed by atoms with Crippen LogP contribution in [0.5, 0.6) is 5.75 Å². The van der Waals surface area contributed by atoms with Crippen molar-refractivity contribution in [1.29, 1.82) is 0 Å². The summed E-state index contributed by atoms with van der Waals surface area (Å²) >= 11 is 0. The number of hydrogen-bond donors (Lipinski definition) is 2. The second-order valence-corrected chi connectivity index (χ2v) is 4.04. The van der Waals surface area contributed by atoms with E-state index in [9.17, 15) is 5.11 Å². The van der Waals surface area contributed by atoms with Gasteiger partial charge in [0.05, 0.1) is 0 Å². The molecular formula is C14H15NO. The van der Waals surface area contributed by atoms with Crippen molar-refractivity contribution < 1.29 is 5.11 Å². The Morgan fingerprint density at radius 1 is 1.00 bits per heavy atom. The van der Waals surface area contributed by atoms with Crippen molar-refractivity contribution in [3.05, 3.63) is 47.5 Å². The summed E-state index contributed by atoms with van der Waals surface area (Å²) in [5.74, 6) is 0.234. The zero-order valence-electron chi connectivity index (χ0n) is 9.49. The molecule has 2 heteroatoms. The molecule has 0 amide bonds. The first-order valence-electron chi connectivity index (χ1n) is 5.24. The van der Waals surface area contributed by atoms with Crippen LogP contribution in [0.1, 0.15) is 11.1 Å². The van der Waals surface area contributed by atoms with Gasteiger partial charge in [0, 0.05) is 17.3 Å². The van der Waals surface area contributed by atoms with E-state index >= 15 is 0 Å². The van der Waals surface area contributed by atoms with Gasteiger partial charge in [-0.15, -0.1) is 0 Å². The molecule has 0 aromatic heterocycles. The van der Waals surface area contributed by atoms with Gasteiger partial charge < -0.3 is 10.8 Å². The minimum atomic E-state index is 0.234. The van der Waals surface area contributed by atoms with Crippen molar-refractivity contribution in [3.63, 3.8) is 0 Å². The Morgan fingerprint density at radius 2 is 1.62 bits per heavy atom. The number of nitrogen functional groups attached to an aromatic ring is 1. The van der Waals surface area contributed by atoms with Gasteiger partial charge in [0.2, 0.25) is 0 Å². The zero-order valence-corrected chi connectivity index (χ0v) is 9.49. The van der Waals surface area contributed by atoms with Crippen molar-refractivity contribution in [1.82, 2.24) is 0 Å². The molecule has 3 N–H and O–H groups in total. The maximum atomic E-state index is 9.91. The van der Waals surface area contributed by atoms with Crippen LogP contribution in [-0.2, 0) is 0 Å². The first-order chi connectivity index (χ1) is 7.59. The number of phenolic OH excluding ortho intramolecular Hbond substituents is 1. The number of aryl methyl sites for hydroxylation is 2. The lowest BCUT2D eigenvalue weighted by atomic mass is 9.95. The summed E-state index contributed by atoms with van der Waals surface area (Å²) in [6.45, 7) is 4.08. The van der Waals surface area contributed by atoms with E-state index < -0.39 is 0 Å². The van der Waals surface area contributed by atoms with Gasteiger partial charge in [0.1, 0.15) is 5.75 Å². The average molecular weight is 213 g/mol. The van der Waals surface area contributed by atoms with Crippen LogP contribution < -0.4 is 5.73 Å². The number of anilines is 1. The monoisotopic (exact) mass is 213 g/mol. The summed E-state index contributed by atoms with van der Waals surface area (Å²) in [6, 6.07) is 11.3. The van der Waals surface area contributed by atoms with Gasteiger partial charge in [-0.3, -0.25) is 0 Å². The van der Waals surface area contributed by atoms with Crippen LogP contribution in [0.3, 0.4) is 0 Å². The minimum absolute atomic E-state index is 0.234. The maximum absolute atomic E-state index is 9.91. The molecule has 2 aromatic carbocycles. The van der Waals surface area contributed by atoms with Crippen LogP contribution >= 0.6 is 0 Å². The van der Waals surface area contributed by atoms with Gasteiger partial charge in [-0.05, 0) is 42.7 Å². The normalized spacial score (nSPS) is 10.4. The minimum Gasteiger partial charge on any atom is -0.507 e. The Balaban J connectivity index is 2.68. The second-order valence-electron chi connectivity index (χ2n) is 4.04. The largest absolute Gasteiger partial charge is 0.507 e. The molecule has 2 nitrogen and oxygen atoms in total. The Bertz CT molecular complexity index is 512. The summed E-state index contributed by atoms with van der Waals surface area (Å²) in [5.41, 5.74) is 10.4. The molecule has 0 aliphatic rings. The second kappa shape index (κ2) is 3.89. The molecule has 0 saturated carbocycles. The van der Waals surface area contributed by atoms with Crippen LogP contribution in [0, 0.1) is 13.8 Å². The summed E-state index contributed by atoms with van der Waals surface area (Å²) < 4.78 is 0. The Kier molecular flexibility index (Phi) is 2.57. The van der Waals surface area contributed by atoms with Crippen molar-refractivity contribution in [2.45, 2.75) is 13.8 Å². The summed E-state index contributed by atoms with van der Waals surface area (Å²) in [6.07, 6.45) is 0. The number of rotatable bonds is 1. The smallest absolute Gasteiger partial charge is 0.125 e. The third-order valence-corrected chi connectivity index (χ3v) is 2.77. The molecule has 82 valence electrons. The van der Waals surface area contributed by atoms with E-state index in [2.05, 4.69) is 0 Å². The molecule has 16 heavy (non-hydrogen) atoms. The summed E-state index contributed by atoms with van der Waals surface area (Å²) in [7, 11) is 0. The maximum Gasteiger partial charge on any atom is 0.125 e. The van der Waals surface area contributed by atoms with Crippen LogP contribution in [0.15, 0.2) is 36.4 Å². The van der Waals surface area contributed by atoms with E-state index in [4.69, 9.17) is 5.73 Å². The Hall–Kier alpha value is -1.96. The van der Waals surface area contributed by atoms with Gasteiger partial charge in [-0.2, -0.15) is 0 Å². The lowest BCUT2D eigenvalue weighted by molar-refractivity contribution is 0.477. The third-order valence-electron chi connectivity index (χ3n) is 2.77. The highest BCUT2D eigenvalue weighted by Crippen LogP contribution is 2.34. The van der Waals surface area contributed by atoms with E-state index in [0.29, 0.717) is 5.69 Å². The molecular weight excluding hydrogens is 198 g/mol. The van der Waals surface area contributed by atoms with Gasteiger partial charge in [-0.25, -0.2) is 0 Å². The highest BCUT2D eigenvalue weighted by molar-refractivity contribution is 5.77. The van der Waals surface area contributed by atoms with Crippen LogP contribution in [0.4, 0.5) is 5.69 Å². The van der Waals surface area contributed by atoms with E-state index in [1.165, 1.54) is 0 Å². The SMILES string of the molecule is Cc1cccc(C)c1-c1ccc(N)cc1O. The summed E-state index contributed by atoms with van der Waals surface area (Å²) in [4.78, 5) is 0. The first kappa shape index (κ1) is 10.6. The summed E-state index contributed by atoms with van der Waals surface area (Å²) in [5, 5.41) is 9.91. The molecule has 0 heterocycles. The van der Waals surface area contributed by atoms with E-state index in [-0.39, 0.29) is 5.75 Å². The Morgan fingerprint density at radius 3 is 2.19 bits per heavy atom. The molecule has 0 aliphatic heterocycles. The van der Waals surface area contributed by atoms with E-state index in [1.807, 2.05) is 38.1 Å². The molecule has 0 fully saturated rings. The number of phenols is 1. The Labute approximate surface area is 95.4 Å². The first-order valence-corrected chi connectivity index (χ1v) is 5.24. The quantitative estimate of drug-likeness (QED) is 0.714. The van der Waals surface area contributed by atoms with Gasteiger partial charge in [0.15, 0.2) is 0 Å². The van der Waals surface area contributed by atoms with Crippen LogP contribution in [-0.4, -0.2) is 5.11 Å². The highest BCUT2D eigenvalue weighted by Gasteiger charge is 2.09. The van der Waals surface area contributed by atoms with Crippen molar-refractivity contribution >= 4 is 5.69 Å². The fourth-order valence-electron chi connectivity index (χ4n) is 2.00. The molecule has 2 rings (SSSR count). The zero-order chi connectivity index (χ0) is 11.7. The highest BCUT2D eigenvalue weighted by atomic mass is 16.3. The molecule has 0 atom stereocenters. The van der Waals surface area contributed by atoms with Gasteiger partial charge >= 0.3 is 0 Å². The number of aromatic hydroxyl groups is 1. The predicted molar refractivity (Wildman–Crippen MR) is 67.4 cm³/mol. The van der Waals surface area contributed by atoms with Crippen LogP contribution in [0.2, 0.25) is 0 Å². The molecule has 0 saturated heterocycles. The standard InChI is InChI=1S/C14H15NO/c1-9-4-3-5-10(2)14(9)12-7-6-11(15)8-13(12)16/h3-8,16H,15H2,1-2H3. The third kappa shape index (κ3) is 1.74. The fourth-order valence-corrected chi connectivity index (χ4v) is 2.00. The number of benzene rings is 2. The number of nitrogens with two attached hydrogens (primary N) is 1. The van der Waals surface area contributed by atoms with Gasteiger partial charge in [-0.1, -0.05) is 18.2 Å².